The Morgan fingerprint density at radius 3 is 2.26 bits per heavy atom. The van der Waals surface area contributed by atoms with Crippen molar-refractivity contribution in [3.8, 4) is 11.5 Å². The number of thioether (sulfide) groups is 1. The molecule has 0 radical (unpaired) electrons. The molecular weight excluding hydrogens is 502 g/mol. The number of hydrogen-bond acceptors (Lipinski definition) is 6. The second-order valence-electron chi connectivity index (χ2n) is 9.38. The Balaban J connectivity index is 1.96. The van der Waals surface area contributed by atoms with Crippen LogP contribution in [0, 0.1) is 20.8 Å². The molecule has 1 N–H and O–H groups in total. The van der Waals surface area contributed by atoms with Gasteiger partial charge in [0.15, 0.2) is 6.10 Å². The van der Waals surface area contributed by atoms with Crippen LogP contribution in [0.25, 0.3) is 0 Å². The van der Waals surface area contributed by atoms with Crippen LogP contribution in [0.3, 0.4) is 0 Å². The molecule has 1 amide bonds. The fourth-order valence-electron chi connectivity index (χ4n) is 4.13. The van der Waals surface area contributed by atoms with Crippen molar-refractivity contribution in [3.05, 3.63) is 58.7 Å². The molecule has 38 heavy (non-hydrogen) atoms. The Morgan fingerprint density at radius 1 is 0.974 bits per heavy atom. The van der Waals surface area contributed by atoms with Crippen molar-refractivity contribution >= 4 is 23.8 Å². The van der Waals surface area contributed by atoms with E-state index in [9.17, 15) is 14.7 Å². The van der Waals surface area contributed by atoms with Gasteiger partial charge in [-0.25, -0.2) is 9.59 Å². The molecule has 0 fully saturated rings. The number of aryl methyl sites for hydroxylation is 3. The van der Waals surface area contributed by atoms with E-state index in [0.29, 0.717) is 37.8 Å². The van der Waals surface area contributed by atoms with Crippen LogP contribution in [0.4, 0.5) is 4.79 Å². The number of carbonyl (C=O) groups is 2. The summed E-state index contributed by atoms with van der Waals surface area (Å²) in [7, 11) is 0. The molecule has 1 atom stereocenters. The summed E-state index contributed by atoms with van der Waals surface area (Å²) in [6, 6.07) is 11.3. The van der Waals surface area contributed by atoms with Crippen LogP contribution in [0.5, 0.6) is 11.5 Å². The van der Waals surface area contributed by atoms with E-state index in [4.69, 9.17) is 14.2 Å². The molecule has 8 heteroatoms. The maximum atomic E-state index is 13.1. The molecule has 0 aliphatic rings. The number of benzene rings is 2. The third-order valence-electron chi connectivity index (χ3n) is 6.07. The zero-order chi connectivity index (χ0) is 27.9. The Morgan fingerprint density at radius 2 is 1.66 bits per heavy atom. The zero-order valence-corrected chi connectivity index (χ0v) is 24.3. The molecule has 0 heterocycles. The number of aliphatic carboxylic acids is 1. The van der Waals surface area contributed by atoms with Crippen LogP contribution in [-0.4, -0.2) is 66.0 Å². The predicted octanol–water partition coefficient (Wildman–Crippen LogP) is 6.45. The molecule has 2 rings (SSSR count). The van der Waals surface area contributed by atoms with Crippen LogP contribution < -0.4 is 9.47 Å². The normalized spacial score (nSPS) is 11.7. The first-order valence-corrected chi connectivity index (χ1v) is 14.6. The van der Waals surface area contributed by atoms with Gasteiger partial charge in [-0.3, -0.25) is 0 Å². The molecular formula is C30H43NO6S. The van der Waals surface area contributed by atoms with Crippen molar-refractivity contribution < 1.29 is 28.9 Å². The lowest BCUT2D eigenvalue weighted by Crippen LogP contribution is -2.38. The average Bonchev–Trinajstić information content (AvgIpc) is 2.87. The van der Waals surface area contributed by atoms with Gasteiger partial charge in [-0.05, 0) is 68.7 Å². The summed E-state index contributed by atoms with van der Waals surface area (Å²) in [5.74, 6) is 2.22. The highest BCUT2D eigenvalue weighted by Gasteiger charge is 2.19. The highest BCUT2D eigenvalue weighted by molar-refractivity contribution is 7.99. The van der Waals surface area contributed by atoms with Gasteiger partial charge in [0.25, 0.3) is 0 Å². The quantitative estimate of drug-likeness (QED) is 0.229. The minimum Gasteiger partial charge on any atom is -0.492 e. The van der Waals surface area contributed by atoms with Crippen molar-refractivity contribution in [1.82, 2.24) is 4.90 Å². The molecule has 2 aromatic rings. The first-order valence-electron chi connectivity index (χ1n) is 13.4. The van der Waals surface area contributed by atoms with Crippen molar-refractivity contribution in [2.75, 3.05) is 37.8 Å². The van der Waals surface area contributed by atoms with Crippen LogP contribution in [-0.2, 0) is 16.0 Å². The maximum Gasteiger partial charge on any atom is 0.415 e. The summed E-state index contributed by atoms with van der Waals surface area (Å²) in [6.07, 6.45) is 2.65. The van der Waals surface area contributed by atoms with Crippen LogP contribution in [0.1, 0.15) is 55.4 Å². The molecule has 0 spiro atoms. The first-order chi connectivity index (χ1) is 18.2. The first kappa shape index (κ1) is 31.5. The van der Waals surface area contributed by atoms with Gasteiger partial charge in [0.2, 0.25) is 0 Å². The second-order valence-corrected chi connectivity index (χ2v) is 10.6. The van der Waals surface area contributed by atoms with Gasteiger partial charge in [0.05, 0.1) is 6.54 Å². The Kier molecular flexibility index (Phi) is 14.1. The van der Waals surface area contributed by atoms with Gasteiger partial charge in [0, 0.05) is 25.3 Å². The number of unbranched alkanes of at least 4 members (excludes halogenated alkanes) is 2. The lowest BCUT2D eigenvalue weighted by molar-refractivity contribution is -0.149. The summed E-state index contributed by atoms with van der Waals surface area (Å²) < 4.78 is 17.0. The SMILES string of the molecule is CCCCCSCCN(CCOc1ccc(CC(OCC)C(=O)O)cc1)C(=O)Oc1c(C)cc(C)cc1C. The number of carbonyl (C=O) groups excluding carboxylic acids is 1. The van der Waals surface area contributed by atoms with Crippen molar-refractivity contribution in [2.24, 2.45) is 0 Å². The number of amides is 1. The summed E-state index contributed by atoms with van der Waals surface area (Å²) in [4.78, 5) is 26.2. The Bertz CT molecular complexity index is 987. The number of ether oxygens (including phenoxy) is 3. The van der Waals surface area contributed by atoms with Crippen LogP contribution in [0.15, 0.2) is 36.4 Å². The number of rotatable bonds is 17. The fourth-order valence-corrected chi connectivity index (χ4v) is 5.10. The van der Waals surface area contributed by atoms with E-state index in [-0.39, 0.29) is 12.5 Å². The van der Waals surface area contributed by atoms with Crippen LogP contribution in [0.2, 0.25) is 0 Å². The standard InChI is InChI=1S/C30H43NO6S/c1-6-8-9-17-38-18-15-31(30(34)37-28-23(4)19-22(3)20-24(28)5)14-16-36-26-12-10-25(11-13-26)21-27(29(32)33)35-7-2/h10-13,19-20,27H,6-9,14-18,21H2,1-5H3,(H,32,33). The van der Waals surface area contributed by atoms with E-state index >= 15 is 0 Å². The van der Waals surface area contributed by atoms with Crippen molar-refractivity contribution in [1.29, 1.82) is 0 Å². The number of carboxylic acid groups (broad SMARTS) is 1. The predicted molar refractivity (Wildman–Crippen MR) is 154 cm³/mol. The van der Waals surface area contributed by atoms with Crippen molar-refractivity contribution in [2.45, 2.75) is 66.4 Å². The molecule has 0 aromatic heterocycles. The van der Waals surface area contributed by atoms with Gasteiger partial charge >= 0.3 is 12.1 Å². The smallest absolute Gasteiger partial charge is 0.415 e. The topological polar surface area (TPSA) is 85.3 Å². The van der Waals surface area contributed by atoms with E-state index in [1.165, 1.54) is 19.3 Å². The van der Waals surface area contributed by atoms with Gasteiger partial charge in [-0.1, -0.05) is 49.6 Å². The minimum atomic E-state index is -0.973. The molecule has 2 aromatic carbocycles. The number of nitrogens with zero attached hydrogens (tertiary/aromatic N) is 1. The lowest BCUT2D eigenvalue weighted by Gasteiger charge is -2.23. The van der Waals surface area contributed by atoms with Gasteiger partial charge in [-0.15, -0.1) is 0 Å². The van der Waals surface area contributed by atoms with E-state index < -0.39 is 12.1 Å². The van der Waals surface area contributed by atoms with E-state index in [0.717, 1.165) is 33.8 Å². The summed E-state index contributed by atoms with van der Waals surface area (Å²) in [5, 5.41) is 9.29. The monoisotopic (exact) mass is 545 g/mol. The maximum absolute atomic E-state index is 13.1. The van der Waals surface area contributed by atoms with E-state index in [1.807, 2.05) is 68.9 Å². The third-order valence-corrected chi connectivity index (χ3v) is 7.12. The number of carboxylic acids is 1. The summed E-state index contributed by atoms with van der Waals surface area (Å²) in [6.45, 7) is 11.5. The third kappa shape index (κ3) is 11.0. The van der Waals surface area contributed by atoms with Gasteiger partial charge < -0.3 is 24.2 Å². The lowest BCUT2D eigenvalue weighted by atomic mass is 10.1. The van der Waals surface area contributed by atoms with Gasteiger partial charge in [0.1, 0.15) is 18.1 Å². The zero-order valence-electron chi connectivity index (χ0n) is 23.5. The molecule has 0 saturated carbocycles. The molecule has 0 saturated heterocycles. The van der Waals surface area contributed by atoms with Crippen molar-refractivity contribution in [3.63, 3.8) is 0 Å². The Hall–Kier alpha value is -2.71. The summed E-state index contributed by atoms with van der Waals surface area (Å²) in [5.41, 5.74) is 3.87. The fraction of sp³-hybridized carbons (Fsp3) is 0.533. The average molecular weight is 546 g/mol. The molecule has 0 aliphatic heterocycles. The minimum absolute atomic E-state index is 0.289. The van der Waals surface area contributed by atoms with Gasteiger partial charge in [-0.2, -0.15) is 11.8 Å². The molecule has 1 unspecified atom stereocenters. The molecule has 0 bridgehead atoms. The molecule has 7 nitrogen and oxygen atoms in total. The molecule has 0 aliphatic carbocycles. The van der Waals surface area contributed by atoms with E-state index in [1.54, 1.807) is 11.8 Å². The molecule has 210 valence electrons. The largest absolute Gasteiger partial charge is 0.492 e. The van der Waals surface area contributed by atoms with Crippen LogP contribution >= 0.6 is 11.8 Å². The second kappa shape index (κ2) is 17.0. The Labute approximate surface area is 231 Å². The number of hydrogen-bond donors (Lipinski definition) is 1. The van der Waals surface area contributed by atoms with E-state index in [2.05, 4.69) is 6.92 Å². The highest BCUT2D eigenvalue weighted by atomic mass is 32.2. The highest BCUT2D eigenvalue weighted by Crippen LogP contribution is 2.25. The summed E-state index contributed by atoms with van der Waals surface area (Å²) >= 11 is 1.85.